The minimum Gasteiger partial charge on any atom is -0.379 e. The molecule has 176 valence electrons. The lowest BCUT2D eigenvalue weighted by molar-refractivity contribution is 0.0730. The molecular weight excluding hydrogens is 446 g/mol. The molecule has 1 fully saturated rings. The van der Waals surface area contributed by atoms with E-state index >= 15 is 0 Å². The summed E-state index contributed by atoms with van der Waals surface area (Å²) in [6.45, 7) is 5.07. The summed E-state index contributed by atoms with van der Waals surface area (Å²) in [5, 5.41) is 11.3. The zero-order chi connectivity index (χ0) is 23.3. The fourth-order valence-corrected chi connectivity index (χ4v) is 4.94. The molecule has 33 heavy (non-hydrogen) atoms. The van der Waals surface area contributed by atoms with Crippen molar-refractivity contribution in [2.24, 2.45) is 0 Å². The maximum absolute atomic E-state index is 12.7. The maximum Gasteiger partial charge on any atom is 0.251 e. The lowest BCUT2D eigenvalue weighted by Gasteiger charge is -2.26. The van der Waals surface area contributed by atoms with E-state index < -0.39 is 10.0 Å². The number of fused-ring (bicyclic) bond motifs is 1. The molecule has 2 N–H and O–H groups in total. The molecule has 2 aromatic heterocycles. The van der Waals surface area contributed by atoms with Gasteiger partial charge in [0.25, 0.3) is 5.91 Å². The first-order valence-corrected chi connectivity index (χ1v) is 12.3. The minimum atomic E-state index is -3.59. The lowest BCUT2D eigenvalue weighted by Crippen LogP contribution is -2.40. The molecule has 11 nitrogen and oxygen atoms in total. The third kappa shape index (κ3) is 5.13. The molecule has 0 spiro atoms. The normalized spacial score (nSPS) is 14.9. The molecule has 1 aliphatic rings. The first-order valence-electron chi connectivity index (χ1n) is 10.9. The maximum atomic E-state index is 12.7. The van der Waals surface area contributed by atoms with E-state index in [2.05, 4.69) is 32.6 Å². The highest BCUT2D eigenvalue weighted by Gasteiger charge is 2.26. The Balaban J connectivity index is 1.36. The van der Waals surface area contributed by atoms with Gasteiger partial charge in [0.15, 0.2) is 5.65 Å². The average molecular weight is 474 g/mol. The van der Waals surface area contributed by atoms with Crippen molar-refractivity contribution in [1.82, 2.24) is 29.4 Å². The van der Waals surface area contributed by atoms with E-state index in [0.29, 0.717) is 50.6 Å². The smallest absolute Gasteiger partial charge is 0.251 e. The third-order valence-electron chi connectivity index (χ3n) is 5.31. The van der Waals surface area contributed by atoms with Gasteiger partial charge in [-0.1, -0.05) is 6.92 Å². The number of nitrogens with one attached hydrogen (secondary N) is 2. The van der Waals surface area contributed by atoms with Crippen LogP contribution in [0.5, 0.6) is 0 Å². The van der Waals surface area contributed by atoms with E-state index in [1.165, 1.54) is 34.9 Å². The number of aromatic nitrogens is 4. The van der Waals surface area contributed by atoms with Gasteiger partial charge >= 0.3 is 0 Å². The molecule has 0 unspecified atom stereocenters. The van der Waals surface area contributed by atoms with Crippen molar-refractivity contribution < 1.29 is 17.9 Å². The molecule has 0 atom stereocenters. The Morgan fingerprint density at radius 1 is 1.12 bits per heavy atom. The Bertz CT molecular complexity index is 1210. The Labute approximate surface area is 192 Å². The molecule has 0 saturated carbocycles. The number of ether oxygens (including phenoxy) is 1. The van der Waals surface area contributed by atoms with E-state index in [0.717, 1.165) is 24.2 Å². The molecule has 0 bridgehead atoms. The zero-order valence-electron chi connectivity index (χ0n) is 18.4. The monoisotopic (exact) mass is 473 g/mol. The van der Waals surface area contributed by atoms with E-state index in [1.807, 2.05) is 0 Å². The summed E-state index contributed by atoms with van der Waals surface area (Å²) < 4.78 is 33.7. The van der Waals surface area contributed by atoms with Crippen LogP contribution in [-0.2, 0) is 21.3 Å². The molecule has 1 saturated heterocycles. The molecule has 0 radical (unpaired) electrons. The second-order valence-electron chi connectivity index (χ2n) is 7.55. The summed E-state index contributed by atoms with van der Waals surface area (Å²) in [6, 6.07) is 5.96. The second kappa shape index (κ2) is 10.2. The Hall–Kier alpha value is -3.09. The number of anilines is 1. The van der Waals surface area contributed by atoms with Crippen LogP contribution in [0.2, 0.25) is 0 Å². The summed E-state index contributed by atoms with van der Waals surface area (Å²) in [5.41, 5.74) is 1.07. The highest BCUT2D eigenvalue weighted by Crippen LogP contribution is 2.19. The van der Waals surface area contributed by atoms with Gasteiger partial charge in [0, 0.05) is 31.7 Å². The fraction of sp³-hybridized carbons (Fsp3) is 0.429. The zero-order valence-corrected chi connectivity index (χ0v) is 19.2. The fourth-order valence-electron chi connectivity index (χ4n) is 3.53. The predicted molar refractivity (Wildman–Crippen MR) is 122 cm³/mol. The van der Waals surface area contributed by atoms with Gasteiger partial charge in [-0.15, -0.1) is 0 Å². The number of rotatable bonds is 9. The number of morpholine rings is 1. The number of hydrogen-bond donors (Lipinski definition) is 2. The van der Waals surface area contributed by atoms with Crippen LogP contribution in [0.1, 0.15) is 23.7 Å². The van der Waals surface area contributed by atoms with Crippen molar-refractivity contribution in [3.63, 3.8) is 0 Å². The number of amides is 1. The number of nitrogens with zero attached hydrogens (tertiary/aromatic N) is 5. The van der Waals surface area contributed by atoms with Gasteiger partial charge in [0.1, 0.15) is 12.1 Å². The number of sulfonamides is 1. The van der Waals surface area contributed by atoms with Crippen LogP contribution < -0.4 is 10.6 Å². The second-order valence-corrected chi connectivity index (χ2v) is 9.49. The van der Waals surface area contributed by atoms with E-state index in [4.69, 9.17) is 4.74 Å². The van der Waals surface area contributed by atoms with E-state index in [1.54, 1.807) is 10.9 Å². The number of carbonyl (C=O) groups excluding carboxylic acids is 1. The van der Waals surface area contributed by atoms with Gasteiger partial charge in [-0.05, 0) is 30.7 Å². The highest BCUT2D eigenvalue weighted by molar-refractivity contribution is 7.89. The summed E-state index contributed by atoms with van der Waals surface area (Å²) >= 11 is 0. The van der Waals surface area contributed by atoms with Crippen molar-refractivity contribution >= 4 is 32.8 Å². The number of carbonyl (C=O) groups is 1. The van der Waals surface area contributed by atoms with Crippen LogP contribution in [-0.4, -0.2) is 77.8 Å². The van der Waals surface area contributed by atoms with Crippen molar-refractivity contribution in [1.29, 1.82) is 0 Å². The molecule has 0 aliphatic carbocycles. The van der Waals surface area contributed by atoms with Gasteiger partial charge in [-0.2, -0.15) is 9.40 Å². The summed E-state index contributed by atoms with van der Waals surface area (Å²) in [5.74, 6) is 0.450. The first-order chi connectivity index (χ1) is 16.0. The standard InChI is InChI=1S/C21H27N7O4S/c1-2-7-22-19-18-14-26-28(20(18)25-15-24-19)9-8-23-21(29)16-3-5-17(6-4-16)33(30,31)27-10-12-32-13-11-27/h3-6,14-15H,2,7-13H2,1H3,(H,23,29)(H,22,24,25). The summed E-state index contributed by atoms with van der Waals surface area (Å²) in [6.07, 6.45) is 4.18. The van der Waals surface area contributed by atoms with Crippen molar-refractivity contribution in [3.8, 4) is 0 Å². The predicted octanol–water partition coefficient (Wildman–Crippen LogP) is 1.10. The van der Waals surface area contributed by atoms with Crippen molar-refractivity contribution in [3.05, 3.63) is 42.4 Å². The first kappa shape index (κ1) is 23.1. The van der Waals surface area contributed by atoms with Gasteiger partial charge in [-0.3, -0.25) is 4.79 Å². The molecule has 3 aromatic rings. The molecule has 1 amide bonds. The summed E-state index contributed by atoms with van der Waals surface area (Å²) in [7, 11) is -3.59. The van der Waals surface area contributed by atoms with Crippen LogP contribution in [0.3, 0.4) is 0 Å². The Morgan fingerprint density at radius 3 is 2.61 bits per heavy atom. The molecule has 1 aliphatic heterocycles. The van der Waals surface area contributed by atoms with Crippen LogP contribution >= 0.6 is 0 Å². The quantitative estimate of drug-likeness (QED) is 0.472. The van der Waals surface area contributed by atoms with Crippen LogP contribution in [0.15, 0.2) is 41.7 Å². The SMILES string of the molecule is CCCNc1ncnc2c1cnn2CCNC(=O)c1ccc(S(=O)(=O)N2CCOCC2)cc1. The van der Waals surface area contributed by atoms with Crippen LogP contribution in [0, 0.1) is 0 Å². The van der Waals surface area contributed by atoms with E-state index in [-0.39, 0.29) is 10.8 Å². The largest absolute Gasteiger partial charge is 0.379 e. The van der Waals surface area contributed by atoms with E-state index in [9.17, 15) is 13.2 Å². The molecule has 12 heteroatoms. The number of benzene rings is 1. The lowest BCUT2D eigenvalue weighted by atomic mass is 10.2. The topological polar surface area (TPSA) is 131 Å². The Morgan fingerprint density at radius 2 is 1.88 bits per heavy atom. The van der Waals surface area contributed by atoms with Gasteiger partial charge in [0.2, 0.25) is 10.0 Å². The van der Waals surface area contributed by atoms with Crippen molar-refractivity contribution in [2.45, 2.75) is 24.8 Å². The third-order valence-corrected chi connectivity index (χ3v) is 7.22. The van der Waals surface area contributed by atoms with Gasteiger partial charge in [0.05, 0.1) is 36.2 Å². The van der Waals surface area contributed by atoms with Gasteiger partial charge < -0.3 is 15.4 Å². The molecule has 3 heterocycles. The number of hydrogen-bond acceptors (Lipinski definition) is 8. The van der Waals surface area contributed by atoms with Gasteiger partial charge in [-0.25, -0.2) is 23.1 Å². The Kier molecular flexibility index (Phi) is 7.16. The highest BCUT2D eigenvalue weighted by atomic mass is 32.2. The van der Waals surface area contributed by atoms with Crippen molar-refractivity contribution in [2.75, 3.05) is 44.7 Å². The molecule has 1 aromatic carbocycles. The van der Waals surface area contributed by atoms with Crippen LogP contribution in [0.25, 0.3) is 11.0 Å². The van der Waals surface area contributed by atoms with Crippen LogP contribution in [0.4, 0.5) is 5.82 Å². The minimum absolute atomic E-state index is 0.163. The molecular formula is C21H27N7O4S. The summed E-state index contributed by atoms with van der Waals surface area (Å²) in [4.78, 5) is 21.2. The molecule has 4 rings (SSSR count). The average Bonchev–Trinajstić information content (AvgIpc) is 3.27.